The molecule has 0 aliphatic carbocycles. The minimum atomic E-state index is -0.816. The van der Waals surface area contributed by atoms with Crippen molar-refractivity contribution < 1.29 is 19.1 Å². The zero-order valence-electron chi connectivity index (χ0n) is 21.9. The van der Waals surface area contributed by atoms with Crippen molar-refractivity contribution in [2.45, 2.75) is 98.8 Å². The van der Waals surface area contributed by atoms with E-state index >= 15 is 0 Å². The van der Waals surface area contributed by atoms with E-state index in [-0.39, 0.29) is 18.4 Å². The molecule has 0 bridgehead atoms. The van der Waals surface area contributed by atoms with Gasteiger partial charge in [0.1, 0.15) is 18.2 Å². The zero-order chi connectivity index (χ0) is 25.4. The van der Waals surface area contributed by atoms with Crippen molar-refractivity contribution in [2.75, 3.05) is 13.1 Å². The molecule has 1 aromatic carbocycles. The third-order valence-corrected chi connectivity index (χ3v) is 5.75. The van der Waals surface area contributed by atoms with Gasteiger partial charge in [0.05, 0.1) is 0 Å². The Labute approximate surface area is 199 Å². The second kappa shape index (κ2) is 12.1. The Balaban J connectivity index is 3.35. The highest BCUT2D eigenvalue weighted by atomic mass is 16.6. The molecule has 0 saturated carbocycles. The number of nitrogens with zero attached hydrogens (tertiary/aromatic N) is 1. The van der Waals surface area contributed by atoms with E-state index in [4.69, 9.17) is 4.74 Å². The van der Waals surface area contributed by atoms with Crippen molar-refractivity contribution in [1.82, 2.24) is 15.5 Å². The van der Waals surface area contributed by atoms with Crippen LogP contribution in [0.15, 0.2) is 18.2 Å². The molecule has 1 unspecified atom stereocenters. The van der Waals surface area contributed by atoms with Crippen molar-refractivity contribution in [1.29, 1.82) is 0 Å². The number of amides is 3. The molecular weight excluding hydrogens is 418 g/mol. The Bertz CT molecular complexity index is 827. The largest absolute Gasteiger partial charge is 0.444 e. The molecule has 0 heterocycles. The van der Waals surface area contributed by atoms with Crippen LogP contribution in [-0.4, -0.2) is 47.0 Å². The fraction of sp³-hybridized carbons (Fsp3) is 0.654. The molecule has 1 rings (SSSR count). The number of alkyl carbamates (subject to hydrolysis) is 1. The molecule has 0 saturated heterocycles. The van der Waals surface area contributed by atoms with Crippen LogP contribution in [0.5, 0.6) is 0 Å². The van der Waals surface area contributed by atoms with Gasteiger partial charge in [0.2, 0.25) is 11.8 Å². The number of carbonyl (C=O) groups is 3. The minimum Gasteiger partial charge on any atom is -0.444 e. The zero-order valence-corrected chi connectivity index (χ0v) is 21.9. The number of hydrogen-bond acceptors (Lipinski definition) is 4. The molecule has 33 heavy (non-hydrogen) atoms. The summed E-state index contributed by atoms with van der Waals surface area (Å²) in [4.78, 5) is 40.7. The molecule has 0 aliphatic heterocycles. The Morgan fingerprint density at radius 1 is 1.00 bits per heavy atom. The van der Waals surface area contributed by atoms with Gasteiger partial charge in [-0.2, -0.15) is 0 Å². The maximum atomic E-state index is 13.5. The average molecular weight is 462 g/mol. The van der Waals surface area contributed by atoms with Crippen LogP contribution in [0, 0.1) is 13.8 Å². The molecule has 0 aliphatic rings. The van der Waals surface area contributed by atoms with Gasteiger partial charge in [0, 0.05) is 12.1 Å². The summed E-state index contributed by atoms with van der Waals surface area (Å²) in [6.45, 7) is 17.5. The molecule has 0 radical (unpaired) electrons. The van der Waals surface area contributed by atoms with Gasteiger partial charge in [-0.15, -0.1) is 0 Å². The Morgan fingerprint density at radius 3 is 2.15 bits per heavy atom. The number of ether oxygens (including phenoxy) is 1. The molecule has 7 nitrogen and oxygen atoms in total. The number of nitrogens with one attached hydrogen (secondary N) is 2. The van der Waals surface area contributed by atoms with Crippen LogP contribution >= 0.6 is 0 Å². The predicted octanol–water partition coefficient (Wildman–Crippen LogP) is 4.80. The standard InChI is InChI=1S/C26H43N3O4/c1-10-12-15-27-23(31)22(20-14-13-18(3)19(4)16-20)29(26(8,9)11-2)21(30)17-28-24(32)33-25(5,6)7/h13-14,16,22H,10-12,15,17H2,1-9H3,(H,27,31)(H,28,32). The van der Waals surface area contributed by atoms with E-state index in [1.807, 2.05) is 52.8 Å². The number of unbranched alkanes of at least 4 members (excludes halogenated alkanes) is 1. The summed E-state index contributed by atoms with van der Waals surface area (Å²) in [6.07, 6.45) is 1.78. The lowest BCUT2D eigenvalue weighted by atomic mass is 9.91. The van der Waals surface area contributed by atoms with E-state index in [1.54, 1.807) is 25.7 Å². The fourth-order valence-corrected chi connectivity index (χ4v) is 3.39. The Hall–Kier alpha value is -2.57. The quantitative estimate of drug-likeness (QED) is 0.490. The summed E-state index contributed by atoms with van der Waals surface area (Å²) in [6, 6.07) is 5.02. The summed E-state index contributed by atoms with van der Waals surface area (Å²) in [5, 5.41) is 5.55. The monoisotopic (exact) mass is 461 g/mol. The minimum absolute atomic E-state index is 0.223. The van der Waals surface area contributed by atoms with E-state index in [0.717, 1.165) is 29.5 Å². The van der Waals surface area contributed by atoms with Crippen LogP contribution in [0.25, 0.3) is 0 Å². The van der Waals surface area contributed by atoms with Gasteiger partial charge in [-0.25, -0.2) is 4.79 Å². The highest BCUT2D eigenvalue weighted by Crippen LogP contribution is 2.32. The number of carbonyl (C=O) groups excluding carboxylic acids is 3. The first kappa shape index (κ1) is 28.5. The van der Waals surface area contributed by atoms with E-state index in [1.165, 1.54) is 0 Å². The fourth-order valence-electron chi connectivity index (χ4n) is 3.39. The molecule has 2 N–H and O–H groups in total. The van der Waals surface area contributed by atoms with Crippen LogP contribution in [0.2, 0.25) is 0 Å². The molecule has 0 spiro atoms. The van der Waals surface area contributed by atoms with Gasteiger partial charge in [-0.3, -0.25) is 9.59 Å². The SMILES string of the molecule is CCCCNC(=O)C(c1ccc(C)c(C)c1)N(C(=O)CNC(=O)OC(C)(C)C)C(C)(C)CC. The van der Waals surface area contributed by atoms with Crippen molar-refractivity contribution >= 4 is 17.9 Å². The van der Waals surface area contributed by atoms with Crippen LogP contribution in [0.3, 0.4) is 0 Å². The van der Waals surface area contributed by atoms with Gasteiger partial charge >= 0.3 is 6.09 Å². The first-order valence-electron chi connectivity index (χ1n) is 11.9. The van der Waals surface area contributed by atoms with Gasteiger partial charge in [0.15, 0.2) is 0 Å². The number of rotatable bonds is 10. The van der Waals surface area contributed by atoms with E-state index < -0.39 is 23.3 Å². The molecule has 0 fully saturated rings. The van der Waals surface area contributed by atoms with Crippen molar-refractivity contribution in [3.05, 3.63) is 34.9 Å². The highest BCUT2D eigenvalue weighted by Gasteiger charge is 2.40. The number of hydrogen-bond donors (Lipinski definition) is 2. The van der Waals surface area contributed by atoms with Gasteiger partial charge in [-0.05, 0) is 78.0 Å². The first-order valence-corrected chi connectivity index (χ1v) is 11.9. The maximum absolute atomic E-state index is 13.5. The third-order valence-electron chi connectivity index (χ3n) is 5.75. The van der Waals surface area contributed by atoms with Crippen molar-refractivity contribution in [2.24, 2.45) is 0 Å². The van der Waals surface area contributed by atoms with Crippen LogP contribution < -0.4 is 10.6 Å². The van der Waals surface area contributed by atoms with Gasteiger partial charge in [0.25, 0.3) is 0 Å². The van der Waals surface area contributed by atoms with Crippen LogP contribution in [-0.2, 0) is 14.3 Å². The molecule has 7 heteroatoms. The lowest BCUT2D eigenvalue weighted by Crippen LogP contribution is -2.56. The first-order chi connectivity index (χ1) is 15.2. The Morgan fingerprint density at radius 2 is 1.64 bits per heavy atom. The van der Waals surface area contributed by atoms with Crippen molar-refractivity contribution in [3.8, 4) is 0 Å². The van der Waals surface area contributed by atoms with E-state index in [0.29, 0.717) is 13.0 Å². The topological polar surface area (TPSA) is 87.7 Å². The van der Waals surface area contributed by atoms with Crippen LogP contribution in [0.1, 0.15) is 90.5 Å². The summed E-state index contributed by atoms with van der Waals surface area (Å²) < 4.78 is 5.27. The number of benzene rings is 1. The normalized spacial score (nSPS) is 12.6. The highest BCUT2D eigenvalue weighted by molar-refractivity contribution is 5.91. The third kappa shape index (κ3) is 8.71. The lowest BCUT2D eigenvalue weighted by Gasteiger charge is -2.43. The summed E-state index contributed by atoms with van der Waals surface area (Å²) in [7, 11) is 0. The molecule has 186 valence electrons. The summed E-state index contributed by atoms with van der Waals surface area (Å²) in [5.74, 6) is -0.569. The molecular formula is C26H43N3O4. The second-order valence-electron chi connectivity index (χ2n) is 10.2. The molecule has 3 amide bonds. The Kier molecular flexibility index (Phi) is 10.4. The average Bonchev–Trinajstić information content (AvgIpc) is 2.71. The smallest absolute Gasteiger partial charge is 0.408 e. The molecule has 0 aromatic heterocycles. The van der Waals surface area contributed by atoms with E-state index in [9.17, 15) is 14.4 Å². The van der Waals surface area contributed by atoms with Gasteiger partial charge in [-0.1, -0.05) is 38.5 Å². The van der Waals surface area contributed by atoms with Crippen molar-refractivity contribution in [3.63, 3.8) is 0 Å². The van der Waals surface area contributed by atoms with Crippen LogP contribution in [0.4, 0.5) is 4.79 Å². The van der Waals surface area contributed by atoms with E-state index in [2.05, 4.69) is 17.6 Å². The summed E-state index contributed by atoms with van der Waals surface area (Å²) in [5.41, 5.74) is 1.62. The number of aryl methyl sites for hydroxylation is 2. The predicted molar refractivity (Wildman–Crippen MR) is 132 cm³/mol. The summed E-state index contributed by atoms with van der Waals surface area (Å²) >= 11 is 0. The second-order valence-corrected chi connectivity index (χ2v) is 10.2. The molecule has 1 atom stereocenters. The lowest BCUT2D eigenvalue weighted by molar-refractivity contribution is -0.146. The maximum Gasteiger partial charge on any atom is 0.408 e. The molecule has 1 aromatic rings. The van der Waals surface area contributed by atoms with Gasteiger partial charge < -0.3 is 20.3 Å².